The summed E-state index contributed by atoms with van der Waals surface area (Å²) >= 11 is 0. The lowest BCUT2D eigenvalue weighted by Crippen LogP contribution is -2.35. The summed E-state index contributed by atoms with van der Waals surface area (Å²) < 4.78 is 0. The van der Waals surface area contributed by atoms with Crippen LogP contribution in [0.25, 0.3) is 0 Å². The third-order valence-corrected chi connectivity index (χ3v) is 3.07. The second kappa shape index (κ2) is 5.79. The molecule has 0 amide bonds. The lowest BCUT2D eigenvalue weighted by Gasteiger charge is -2.28. The van der Waals surface area contributed by atoms with Crippen LogP contribution in [0.1, 0.15) is 12.8 Å². The number of nitrogens with zero attached hydrogens (tertiary/aromatic N) is 2. The molecule has 98 valence electrons. The van der Waals surface area contributed by atoms with Crippen molar-refractivity contribution in [1.29, 1.82) is 0 Å². The summed E-state index contributed by atoms with van der Waals surface area (Å²) in [5.41, 5.74) is 3.48. The van der Waals surface area contributed by atoms with Crippen molar-refractivity contribution in [1.82, 2.24) is 4.90 Å². The van der Waals surface area contributed by atoms with Crippen molar-refractivity contribution in [3.63, 3.8) is 0 Å². The van der Waals surface area contributed by atoms with Gasteiger partial charge in [0.25, 0.3) is 5.69 Å². The minimum absolute atomic E-state index is 0.0620. The van der Waals surface area contributed by atoms with Crippen molar-refractivity contribution in [2.24, 2.45) is 0 Å². The van der Waals surface area contributed by atoms with Crippen molar-refractivity contribution >= 4 is 11.4 Å². The van der Waals surface area contributed by atoms with E-state index in [1.165, 1.54) is 12.1 Å². The van der Waals surface area contributed by atoms with Gasteiger partial charge in [0.2, 0.25) is 0 Å². The lowest BCUT2D eigenvalue weighted by atomic mass is 10.1. The molecule has 1 aromatic rings. The molecule has 0 spiro atoms. The van der Waals surface area contributed by atoms with Gasteiger partial charge >= 0.3 is 0 Å². The summed E-state index contributed by atoms with van der Waals surface area (Å²) in [6, 6.07) is 6.32. The van der Waals surface area contributed by atoms with Gasteiger partial charge in [0.05, 0.1) is 16.7 Å². The Labute approximate surface area is 106 Å². The number of non-ortho nitro benzene ring substituents is 1. The van der Waals surface area contributed by atoms with Crippen LogP contribution in [0, 0.1) is 10.1 Å². The number of hydrogen-bond donors (Lipinski definition) is 1. The van der Waals surface area contributed by atoms with Gasteiger partial charge in [-0.15, -0.1) is 0 Å². The molecule has 1 fully saturated rings. The van der Waals surface area contributed by atoms with Crippen LogP contribution in [0.2, 0.25) is 0 Å². The Morgan fingerprint density at radius 2 is 2.17 bits per heavy atom. The predicted octanol–water partition coefficient (Wildman–Crippen LogP) is 2.03. The topological polar surface area (TPSA) is 67.6 Å². The quantitative estimate of drug-likeness (QED) is 0.655. The Morgan fingerprint density at radius 3 is 2.83 bits per heavy atom. The average Bonchev–Trinajstić information content (AvgIpc) is 2.38. The van der Waals surface area contributed by atoms with Gasteiger partial charge in [-0.1, -0.05) is 6.07 Å². The highest BCUT2D eigenvalue weighted by atomic mass is 16.7. The zero-order valence-corrected chi connectivity index (χ0v) is 10.3. The molecule has 1 aromatic carbocycles. The number of hydrogen-bond acceptors (Lipinski definition) is 5. The molecule has 0 aliphatic carbocycles. The van der Waals surface area contributed by atoms with Gasteiger partial charge in [-0.05, 0) is 26.0 Å². The first-order valence-electron chi connectivity index (χ1n) is 6.00. The maximum Gasteiger partial charge on any atom is 0.271 e. The first-order chi connectivity index (χ1) is 8.65. The van der Waals surface area contributed by atoms with E-state index in [0.717, 1.165) is 25.9 Å². The third kappa shape index (κ3) is 3.41. The first kappa shape index (κ1) is 12.8. The van der Waals surface area contributed by atoms with Gasteiger partial charge in [-0.2, -0.15) is 0 Å². The number of nitro benzene ring substituents is 1. The fraction of sp³-hybridized carbons (Fsp3) is 0.500. The fourth-order valence-electron chi connectivity index (χ4n) is 1.94. The molecular formula is C12H17N3O3. The van der Waals surface area contributed by atoms with Gasteiger partial charge in [-0.25, -0.2) is 0 Å². The average molecular weight is 251 g/mol. The summed E-state index contributed by atoms with van der Waals surface area (Å²) in [6.45, 7) is 2.03. The van der Waals surface area contributed by atoms with Gasteiger partial charge in [-0.3, -0.25) is 20.4 Å². The van der Waals surface area contributed by atoms with Gasteiger partial charge in [0.1, 0.15) is 0 Å². The third-order valence-electron chi connectivity index (χ3n) is 3.07. The number of anilines is 1. The molecule has 0 saturated carbocycles. The smallest absolute Gasteiger partial charge is 0.271 e. The minimum atomic E-state index is -0.416. The number of benzene rings is 1. The van der Waals surface area contributed by atoms with Crippen LogP contribution in [0.4, 0.5) is 11.4 Å². The molecule has 1 aliphatic rings. The van der Waals surface area contributed by atoms with E-state index in [0.29, 0.717) is 5.69 Å². The lowest BCUT2D eigenvalue weighted by molar-refractivity contribution is -0.384. The number of rotatable bonds is 4. The molecule has 6 nitrogen and oxygen atoms in total. The molecule has 0 unspecified atom stereocenters. The van der Waals surface area contributed by atoms with E-state index in [1.807, 2.05) is 0 Å². The Kier molecular flexibility index (Phi) is 4.11. The van der Waals surface area contributed by atoms with Crippen LogP contribution in [0.3, 0.4) is 0 Å². The fourth-order valence-corrected chi connectivity index (χ4v) is 1.94. The van der Waals surface area contributed by atoms with Crippen LogP contribution in [0.5, 0.6) is 0 Å². The summed E-state index contributed by atoms with van der Waals surface area (Å²) in [7, 11) is 2.09. The number of nitrogens with one attached hydrogen (secondary N) is 1. The molecule has 0 bridgehead atoms. The van der Waals surface area contributed by atoms with E-state index in [4.69, 9.17) is 4.84 Å². The van der Waals surface area contributed by atoms with Crippen LogP contribution < -0.4 is 5.48 Å². The van der Waals surface area contributed by atoms with E-state index >= 15 is 0 Å². The van der Waals surface area contributed by atoms with E-state index in [1.54, 1.807) is 12.1 Å². The highest BCUT2D eigenvalue weighted by Crippen LogP contribution is 2.19. The summed E-state index contributed by atoms with van der Waals surface area (Å²) in [5.74, 6) is 0. The SMILES string of the molecule is CN1CCC(ONc2cccc([N+](=O)[O-])c2)CC1. The summed E-state index contributed by atoms with van der Waals surface area (Å²) in [4.78, 5) is 18.0. The maximum absolute atomic E-state index is 10.6. The highest BCUT2D eigenvalue weighted by Gasteiger charge is 2.17. The molecule has 0 aromatic heterocycles. The van der Waals surface area contributed by atoms with Crippen LogP contribution in [-0.2, 0) is 4.84 Å². The molecule has 18 heavy (non-hydrogen) atoms. The molecule has 6 heteroatoms. The number of likely N-dealkylation sites (tertiary alicyclic amines) is 1. The Balaban J connectivity index is 1.86. The van der Waals surface area contributed by atoms with Crippen molar-refractivity contribution in [3.05, 3.63) is 34.4 Å². The van der Waals surface area contributed by atoms with E-state index < -0.39 is 4.92 Å². The maximum atomic E-state index is 10.6. The molecule has 1 saturated heterocycles. The highest BCUT2D eigenvalue weighted by molar-refractivity contribution is 5.49. The Bertz CT molecular complexity index is 417. The van der Waals surface area contributed by atoms with Crippen molar-refractivity contribution in [2.75, 3.05) is 25.6 Å². The zero-order valence-electron chi connectivity index (χ0n) is 10.3. The van der Waals surface area contributed by atoms with E-state index in [9.17, 15) is 10.1 Å². The van der Waals surface area contributed by atoms with Crippen molar-refractivity contribution in [3.8, 4) is 0 Å². The van der Waals surface area contributed by atoms with Crippen LogP contribution in [-0.4, -0.2) is 36.1 Å². The molecule has 0 radical (unpaired) electrons. The van der Waals surface area contributed by atoms with Crippen molar-refractivity contribution in [2.45, 2.75) is 18.9 Å². The predicted molar refractivity (Wildman–Crippen MR) is 68.3 cm³/mol. The number of nitro groups is 1. The molecule has 1 heterocycles. The van der Waals surface area contributed by atoms with Crippen molar-refractivity contribution < 1.29 is 9.76 Å². The number of piperidine rings is 1. The molecular weight excluding hydrogens is 234 g/mol. The van der Waals surface area contributed by atoms with Gasteiger partial charge in [0.15, 0.2) is 0 Å². The molecule has 1 N–H and O–H groups in total. The van der Waals surface area contributed by atoms with E-state index in [-0.39, 0.29) is 11.8 Å². The largest absolute Gasteiger partial charge is 0.306 e. The second-order valence-corrected chi connectivity index (χ2v) is 4.53. The first-order valence-corrected chi connectivity index (χ1v) is 6.00. The molecule has 0 atom stereocenters. The Hall–Kier alpha value is -1.66. The second-order valence-electron chi connectivity index (χ2n) is 4.53. The Morgan fingerprint density at radius 1 is 1.44 bits per heavy atom. The molecule has 1 aliphatic heterocycles. The summed E-state index contributed by atoms with van der Waals surface area (Å²) in [5, 5.41) is 10.6. The standard InChI is InChI=1S/C12H17N3O3/c1-14-7-5-12(6-8-14)18-13-10-3-2-4-11(9-10)15(16)17/h2-4,9,12-13H,5-8H2,1H3. The monoisotopic (exact) mass is 251 g/mol. The van der Waals surface area contributed by atoms with Crippen LogP contribution in [0.15, 0.2) is 24.3 Å². The van der Waals surface area contributed by atoms with E-state index in [2.05, 4.69) is 17.4 Å². The molecule has 2 rings (SSSR count). The summed E-state index contributed by atoms with van der Waals surface area (Å²) in [6.07, 6.45) is 2.11. The van der Waals surface area contributed by atoms with Crippen LogP contribution >= 0.6 is 0 Å². The normalized spacial score (nSPS) is 17.6. The minimum Gasteiger partial charge on any atom is -0.306 e. The van der Waals surface area contributed by atoms with Gasteiger partial charge < -0.3 is 4.90 Å². The zero-order chi connectivity index (χ0) is 13.0. The van der Waals surface area contributed by atoms with Gasteiger partial charge in [0, 0.05) is 25.2 Å².